The van der Waals surface area contributed by atoms with E-state index in [9.17, 15) is 14.7 Å². The number of hydrogen-bond acceptors (Lipinski definition) is 3. The smallest absolute Gasteiger partial charge is 0.245 e. The van der Waals surface area contributed by atoms with Crippen molar-refractivity contribution in [2.45, 2.75) is 25.0 Å². The highest BCUT2D eigenvalue weighted by Crippen LogP contribution is 2.31. The Balaban J connectivity index is 1.56. The van der Waals surface area contributed by atoms with Crippen molar-refractivity contribution < 1.29 is 14.7 Å². The van der Waals surface area contributed by atoms with E-state index in [2.05, 4.69) is 15.6 Å². The van der Waals surface area contributed by atoms with Crippen LogP contribution in [0, 0.1) is 0 Å². The Morgan fingerprint density at radius 3 is 2.23 bits per heavy atom. The molecule has 0 bridgehead atoms. The van der Waals surface area contributed by atoms with E-state index in [4.69, 9.17) is 23.2 Å². The van der Waals surface area contributed by atoms with E-state index in [-0.39, 0.29) is 24.8 Å². The SMILES string of the molecule is O=C(CCc1cc(-c2ccc(Cl)cc2)[nH]c1-c1ccc(Cl)cc1)N[C@@H]1C(=O)NC[C@H]1O. The molecule has 2 atom stereocenters. The fourth-order valence-corrected chi connectivity index (χ4v) is 3.87. The molecule has 1 fully saturated rings. The minimum atomic E-state index is -0.912. The van der Waals surface area contributed by atoms with Gasteiger partial charge in [-0.15, -0.1) is 0 Å². The van der Waals surface area contributed by atoms with Crippen LogP contribution in [0.15, 0.2) is 54.6 Å². The number of aromatic nitrogens is 1. The molecule has 160 valence electrons. The van der Waals surface area contributed by atoms with Crippen LogP contribution in [-0.2, 0) is 16.0 Å². The molecule has 0 radical (unpaired) electrons. The fourth-order valence-electron chi connectivity index (χ4n) is 3.62. The molecule has 3 aromatic rings. The number of aliphatic hydroxyl groups is 1. The normalized spacial score (nSPS) is 18.1. The molecule has 8 heteroatoms. The summed E-state index contributed by atoms with van der Waals surface area (Å²) in [6, 6.07) is 16.1. The van der Waals surface area contributed by atoms with Crippen molar-refractivity contribution in [2.24, 2.45) is 0 Å². The summed E-state index contributed by atoms with van der Waals surface area (Å²) in [6.07, 6.45) is -0.280. The first kappa shape index (κ1) is 21.4. The Morgan fingerprint density at radius 1 is 1.03 bits per heavy atom. The minimum Gasteiger partial charge on any atom is -0.389 e. The van der Waals surface area contributed by atoms with Crippen LogP contribution in [0.25, 0.3) is 22.5 Å². The van der Waals surface area contributed by atoms with Gasteiger partial charge in [0, 0.05) is 34.4 Å². The van der Waals surface area contributed by atoms with Gasteiger partial charge >= 0.3 is 0 Å². The third-order valence-electron chi connectivity index (χ3n) is 5.28. The lowest BCUT2D eigenvalue weighted by Crippen LogP contribution is -2.45. The Kier molecular flexibility index (Phi) is 6.32. The summed E-state index contributed by atoms with van der Waals surface area (Å²) in [4.78, 5) is 27.6. The van der Waals surface area contributed by atoms with E-state index in [0.29, 0.717) is 16.5 Å². The van der Waals surface area contributed by atoms with E-state index in [1.54, 1.807) is 0 Å². The van der Waals surface area contributed by atoms with Crippen molar-refractivity contribution in [1.82, 2.24) is 15.6 Å². The highest BCUT2D eigenvalue weighted by atomic mass is 35.5. The largest absolute Gasteiger partial charge is 0.389 e. The molecule has 0 saturated carbocycles. The predicted molar refractivity (Wildman–Crippen MR) is 121 cm³/mol. The first-order valence-electron chi connectivity index (χ1n) is 9.89. The molecule has 4 rings (SSSR count). The molecule has 6 nitrogen and oxygen atoms in total. The van der Waals surface area contributed by atoms with Gasteiger partial charge in [-0.25, -0.2) is 0 Å². The Morgan fingerprint density at radius 2 is 1.65 bits per heavy atom. The van der Waals surface area contributed by atoms with E-state index in [0.717, 1.165) is 28.1 Å². The fraction of sp³-hybridized carbons (Fsp3) is 0.217. The molecule has 2 amide bonds. The number of carbonyl (C=O) groups is 2. The molecule has 0 spiro atoms. The summed E-state index contributed by atoms with van der Waals surface area (Å²) in [5.41, 5.74) is 4.68. The first-order valence-corrected chi connectivity index (χ1v) is 10.7. The second-order valence-electron chi connectivity index (χ2n) is 7.45. The summed E-state index contributed by atoms with van der Waals surface area (Å²) in [5.74, 6) is -0.660. The Labute approximate surface area is 189 Å². The van der Waals surface area contributed by atoms with Crippen LogP contribution in [0.1, 0.15) is 12.0 Å². The maximum Gasteiger partial charge on any atom is 0.245 e. The Hall–Kier alpha value is -2.80. The van der Waals surface area contributed by atoms with Crippen molar-refractivity contribution in [3.8, 4) is 22.5 Å². The number of halogens is 2. The topological polar surface area (TPSA) is 94.2 Å². The van der Waals surface area contributed by atoms with Crippen LogP contribution >= 0.6 is 23.2 Å². The predicted octanol–water partition coefficient (Wildman–Crippen LogP) is 3.56. The number of nitrogens with one attached hydrogen (secondary N) is 3. The molecule has 0 aliphatic carbocycles. The van der Waals surface area contributed by atoms with E-state index in [1.165, 1.54) is 0 Å². The minimum absolute atomic E-state index is 0.146. The number of carbonyl (C=O) groups excluding carboxylic acids is 2. The van der Waals surface area contributed by atoms with Crippen molar-refractivity contribution in [3.63, 3.8) is 0 Å². The van der Waals surface area contributed by atoms with Gasteiger partial charge in [0.25, 0.3) is 0 Å². The molecule has 0 unspecified atom stereocenters. The number of aryl methyl sites for hydroxylation is 1. The lowest BCUT2D eigenvalue weighted by Gasteiger charge is -2.13. The third kappa shape index (κ3) is 4.93. The molecule has 1 aliphatic heterocycles. The van der Waals surface area contributed by atoms with Gasteiger partial charge in [-0.2, -0.15) is 0 Å². The number of aliphatic hydroxyl groups excluding tert-OH is 1. The van der Waals surface area contributed by atoms with Crippen LogP contribution in [-0.4, -0.2) is 40.6 Å². The van der Waals surface area contributed by atoms with Crippen molar-refractivity contribution in [3.05, 3.63) is 70.2 Å². The van der Waals surface area contributed by atoms with Crippen LogP contribution in [0.4, 0.5) is 0 Å². The van der Waals surface area contributed by atoms with Gasteiger partial charge in [-0.1, -0.05) is 47.5 Å². The molecule has 31 heavy (non-hydrogen) atoms. The Bertz CT molecular complexity index is 1090. The highest BCUT2D eigenvalue weighted by molar-refractivity contribution is 6.30. The highest BCUT2D eigenvalue weighted by Gasteiger charge is 2.34. The molecule has 1 saturated heterocycles. The standard InChI is InChI=1S/C23H21Cl2N3O3/c24-16-6-1-13(2-7-16)18-11-15(21(27-18)14-3-8-17(25)9-4-14)5-10-20(30)28-22-19(29)12-26-23(22)31/h1-4,6-9,11,19,22,27,29H,5,10,12H2,(H,26,31)(H,28,30)/t19-,22+/m1/s1. The summed E-state index contributed by atoms with van der Waals surface area (Å²) >= 11 is 12.0. The number of amides is 2. The van der Waals surface area contributed by atoms with E-state index >= 15 is 0 Å². The monoisotopic (exact) mass is 457 g/mol. The number of H-pyrrole nitrogens is 1. The number of rotatable bonds is 6. The number of hydrogen-bond donors (Lipinski definition) is 4. The molecule has 2 aromatic carbocycles. The number of β-amino-alcohol motifs (C(OH)–C–C–N with tert-alkyl or cyclic N) is 1. The molecule has 2 heterocycles. The quantitative estimate of drug-likeness (QED) is 0.455. The van der Waals surface area contributed by atoms with Crippen LogP contribution in [0.3, 0.4) is 0 Å². The van der Waals surface area contributed by atoms with Gasteiger partial charge < -0.3 is 20.7 Å². The maximum atomic E-state index is 12.4. The van der Waals surface area contributed by atoms with Gasteiger partial charge in [0.05, 0.1) is 0 Å². The summed E-state index contributed by atoms with van der Waals surface area (Å²) in [7, 11) is 0. The van der Waals surface area contributed by atoms with Gasteiger partial charge in [-0.05, 0) is 53.4 Å². The van der Waals surface area contributed by atoms with E-state index in [1.807, 2.05) is 54.6 Å². The lowest BCUT2D eigenvalue weighted by atomic mass is 10.0. The van der Waals surface area contributed by atoms with Gasteiger partial charge in [-0.3, -0.25) is 9.59 Å². The molecule has 1 aromatic heterocycles. The third-order valence-corrected chi connectivity index (χ3v) is 5.78. The van der Waals surface area contributed by atoms with Gasteiger partial charge in [0.15, 0.2) is 0 Å². The lowest BCUT2D eigenvalue weighted by molar-refractivity contribution is -0.128. The van der Waals surface area contributed by atoms with Crippen molar-refractivity contribution in [1.29, 1.82) is 0 Å². The summed E-state index contributed by atoms with van der Waals surface area (Å²) in [5, 5.41) is 16.3. The van der Waals surface area contributed by atoms with Crippen LogP contribution in [0.5, 0.6) is 0 Å². The second kappa shape index (κ2) is 9.14. The van der Waals surface area contributed by atoms with Gasteiger partial charge in [0.1, 0.15) is 12.1 Å². The van der Waals surface area contributed by atoms with E-state index < -0.39 is 12.1 Å². The molecule has 1 aliphatic rings. The van der Waals surface area contributed by atoms with Crippen LogP contribution < -0.4 is 10.6 Å². The first-order chi connectivity index (χ1) is 14.9. The summed E-state index contributed by atoms with van der Waals surface area (Å²) in [6.45, 7) is 0.146. The molecular weight excluding hydrogens is 437 g/mol. The van der Waals surface area contributed by atoms with Crippen molar-refractivity contribution in [2.75, 3.05) is 6.54 Å². The van der Waals surface area contributed by atoms with Crippen molar-refractivity contribution >= 4 is 35.0 Å². The zero-order valence-electron chi connectivity index (χ0n) is 16.5. The average molecular weight is 458 g/mol. The average Bonchev–Trinajstić information content (AvgIpc) is 3.32. The van der Waals surface area contributed by atoms with Gasteiger partial charge in [0.2, 0.25) is 11.8 Å². The zero-order chi connectivity index (χ0) is 22.0. The second-order valence-corrected chi connectivity index (χ2v) is 8.33. The maximum absolute atomic E-state index is 12.4. The summed E-state index contributed by atoms with van der Waals surface area (Å²) < 4.78 is 0. The zero-order valence-corrected chi connectivity index (χ0v) is 18.0. The molecular formula is C23H21Cl2N3O3. The number of benzene rings is 2. The molecule has 4 N–H and O–H groups in total. The van der Waals surface area contributed by atoms with Crippen LogP contribution in [0.2, 0.25) is 10.0 Å². The number of aromatic amines is 1.